The molecule has 0 spiro atoms. The Bertz CT molecular complexity index is 864. The smallest absolute Gasteiger partial charge is 0.230 e. The third-order valence-corrected chi connectivity index (χ3v) is 4.44. The van der Waals surface area contributed by atoms with E-state index in [4.69, 9.17) is 4.74 Å². The van der Waals surface area contributed by atoms with Gasteiger partial charge in [-0.25, -0.2) is 4.39 Å². The maximum Gasteiger partial charge on any atom is 0.230 e. The summed E-state index contributed by atoms with van der Waals surface area (Å²) in [5, 5.41) is 2.63. The highest BCUT2D eigenvalue weighted by molar-refractivity contribution is 6.01. The fraction of sp³-hybridized carbons (Fsp3) is 0.238. The number of hydrogen-bond donors (Lipinski definition) is 1. The van der Waals surface area contributed by atoms with Crippen LogP contribution < -0.4 is 10.1 Å². The molecule has 1 atom stereocenters. The average molecular weight is 368 g/mol. The molecule has 2 aromatic carbocycles. The molecule has 0 aliphatic carbocycles. The second kappa shape index (κ2) is 8.03. The minimum Gasteiger partial charge on any atom is -0.490 e. The van der Waals surface area contributed by atoms with Gasteiger partial charge in [-0.15, -0.1) is 0 Å². The molecule has 0 aromatic heterocycles. The number of nitrogens with one attached hydrogen (secondary N) is 1. The van der Waals surface area contributed by atoms with Crippen LogP contribution in [0.3, 0.4) is 0 Å². The van der Waals surface area contributed by atoms with E-state index in [1.807, 2.05) is 24.3 Å². The first-order chi connectivity index (χ1) is 13.0. The molecular weight excluding hydrogens is 347 g/mol. The van der Waals surface area contributed by atoms with Crippen molar-refractivity contribution in [1.29, 1.82) is 0 Å². The van der Waals surface area contributed by atoms with E-state index in [0.29, 0.717) is 24.4 Å². The number of ether oxygens (including phenoxy) is 1. The van der Waals surface area contributed by atoms with Gasteiger partial charge in [0.05, 0.1) is 5.92 Å². The van der Waals surface area contributed by atoms with Gasteiger partial charge in [0, 0.05) is 25.7 Å². The summed E-state index contributed by atoms with van der Waals surface area (Å²) in [6.07, 6.45) is 1.72. The predicted octanol–water partition coefficient (Wildman–Crippen LogP) is 3.47. The second-order valence-corrected chi connectivity index (χ2v) is 6.47. The van der Waals surface area contributed by atoms with E-state index in [-0.39, 0.29) is 18.2 Å². The van der Waals surface area contributed by atoms with Crippen LogP contribution in [0.5, 0.6) is 5.75 Å². The van der Waals surface area contributed by atoms with Gasteiger partial charge in [0.15, 0.2) is 0 Å². The van der Waals surface area contributed by atoms with Crippen molar-refractivity contribution in [2.24, 2.45) is 0 Å². The highest BCUT2D eigenvalue weighted by atomic mass is 19.1. The standard InChI is InChI=1S/C21H21FN2O3/c1-3-10-27-16-7-4-14(5-8-16)13-24(2)21(26)18-12-20(25)23-19-11-15(22)6-9-17(18)19/h3-9,11,18H,1,10,12-13H2,2H3,(H,23,25). The zero-order valence-corrected chi connectivity index (χ0v) is 15.1. The van der Waals surface area contributed by atoms with Gasteiger partial charge >= 0.3 is 0 Å². The quantitative estimate of drug-likeness (QED) is 0.795. The molecule has 2 aromatic rings. The normalized spacial score (nSPS) is 15.5. The molecule has 140 valence electrons. The molecule has 0 fully saturated rings. The summed E-state index contributed by atoms with van der Waals surface area (Å²) in [7, 11) is 1.69. The first-order valence-electron chi connectivity index (χ1n) is 8.65. The third-order valence-electron chi connectivity index (χ3n) is 4.44. The second-order valence-electron chi connectivity index (χ2n) is 6.47. The Hall–Kier alpha value is -3.15. The first-order valence-corrected chi connectivity index (χ1v) is 8.65. The minimum atomic E-state index is -0.616. The van der Waals surface area contributed by atoms with Crippen LogP contribution in [-0.4, -0.2) is 30.4 Å². The van der Waals surface area contributed by atoms with Crippen LogP contribution in [-0.2, 0) is 16.1 Å². The summed E-state index contributed by atoms with van der Waals surface area (Å²) in [6, 6.07) is 11.6. The summed E-state index contributed by atoms with van der Waals surface area (Å²) in [6.45, 7) is 4.43. The Morgan fingerprint density at radius 1 is 1.33 bits per heavy atom. The van der Waals surface area contributed by atoms with Gasteiger partial charge in [-0.05, 0) is 35.4 Å². The number of likely N-dealkylation sites (N-methyl/N-ethyl adjacent to an activating group) is 1. The highest BCUT2D eigenvalue weighted by Gasteiger charge is 2.32. The van der Waals surface area contributed by atoms with Crippen LogP contribution in [0.15, 0.2) is 55.1 Å². The summed E-state index contributed by atoms with van der Waals surface area (Å²) >= 11 is 0. The molecule has 1 unspecified atom stereocenters. The maximum absolute atomic E-state index is 13.4. The van der Waals surface area contributed by atoms with E-state index < -0.39 is 11.7 Å². The summed E-state index contributed by atoms with van der Waals surface area (Å²) in [5.74, 6) is -0.801. The number of halogens is 1. The van der Waals surface area contributed by atoms with E-state index in [2.05, 4.69) is 11.9 Å². The number of carbonyl (C=O) groups is 2. The van der Waals surface area contributed by atoms with Gasteiger partial charge in [-0.2, -0.15) is 0 Å². The number of amides is 2. The van der Waals surface area contributed by atoms with E-state index in [1.54, 1.807) is 24.1 Å². The molecule has 1 N–H and O–H groups in total. The lowest BCUT2D eigenvalue weighted by Gasteiger charge is -2.28. The third kappa shape index (κ3) is 4.34. The Balaban J connectivity index is 1.72. The molecule has 3 rings (SSSR count). The molecule has 0 saturated heterocycles. The lowest BCUT2D eigenvalue weighted by molar-refractivity contribution is -0.134. The number of hydrogen-bond acceptors (Lipinski definition) is 3. The van der Waals surface area contributed by atoms with Crippen molar-refractivity contribution in [2.75, 3.05) is 19.0 Å². The SMILES string of the molecule is C=CCOc1ccc(CN(C)C(=O)C2CC(=O)Nc3cc(F)ccc32)cc1. The maximum atomic E-state index is 13.4. The fourth-order valence-corrected chi connectivity index (χ4v) is 3.12. The van der Waals surface area contributed by atoms with Gasteiger partial charge in [0.1, 0.15) is 18.2 Å². The van der Waals surface area contributed by atoms with Crippen molar-refractivity contribution in [3.05, 3.63) is 72.1 Å². The van der Waals surface area contributed by atoms with Gasteiger partial charge in [0.25, 0.3) is 0 Å². The van der Waals surface area contributed by atoms with Crippen LogP contribution >= 0.6 is 0 Å². The molecule has 27 heavy (non-hydrogen) atoms. The van der Waals surface area contributed by atoms with Gasteiger partial charge in [-0.1, -0.05) is 30.9 Å². The molecule has 0 bridgehead atoms. The van der Waals surface area contributed by atoms with E-state index in [1.165, 1.54) is 12.1 Å². The van der Waals surface area contributed by atoms with Crippen molar-refractivity contribution in [2.45, 2.75) is 18.9 Å². The highest BCUT2D eigenvalue weighted by Crippen LogP contribution is 2.34. The average Bonchev–Trinajstić information content (AvgIpc) is 2.65. The van der Waals surface area contributed by atoms with Crippen LogP contribution in [0.25, 0.3) is 0 Å². The van der Waals surface area contributed by atoms with Gasteiger partial charge < -0.3 is 15.0 Å². The van der Waals surface area contributed by atoms with Crippen molar-refractivity contribution in [1.82, 2.24) is 4.90 Å². The Morgan fingerprint density at radius 2 is 2.07 bits per heavy atom. The summed E-state index contributed by atoms with van der Waals surface area (Å²) in [5.41, 5.74) is 1.94. The number of fused-ring (bicyclic) bond motifs is 1. The zero-order chi connectivity index (χ0) is 19.4. The molecule has 0 saturated carbocycles. The van der Waals surface area contributed by atoms with Crippen LogP contribution in [0.4, 0.5) is 10.1 Å². The van der Waals surface area contributed by atoms with Crippen LogP contribution in [0, 0.1) is 5.82 Å². The van der Waals surface area contributed by atoms with Crippen molar-refractivity contribution >= 4 is 17.5 Å². The van der Waals surface area contributed by atoms with Crippen molar-refractivity contribution in [3.63, 3.8) is 0 Å². The Morgan fingerprint density at radius 3 is 2.78 bits per heavy atom. The van der Waals surface area contributed by atoms with E-state index in [0.717, 1.165) is 11.3 Å². The zero-order valence-electron chi connectivity index (χ0n) is 15.1. The number of benzene rings is 2. The van der Waals surface area contributed by atoms with E-state index >= 15 is 0 Å². The van der Waals surface area contributed by atoms with Crippen LogP contribution in [0.1, 0.15) is 23.5 Å². The van der Waals surface area contributed by atoms with Crippen molar-refractivity contribution in [3.8, 4) is 5.75 Å². The lowest BCUT2D eigenvalue weighted by Crippen LogP contribution is -2.36. The van der Waals surface area contributed by atoms with E-state index in [9.17, 15) is 14.0 Å². The first kappa shape index (κ1) is 18.6. The molecule has 5 nitrogen and oxygen atoms in total. The fourth-order valence-electron chi connectivity index (χ4n) is 3.12. The predicted molar refractivity (Wildman–Crippen MR) is 101 cm³/mol. The molecule has 1 aliphatic heterocycles. The molecule has 6 heteroatoms. The summed E-state index contributed by atoms with van der Waals surface area (Å²) in [4.78, 5) is 26.4. The van der Waals surface area contributed by atoms with Crippen molar-refractivity contribution < 1.29 is 18.7 Å². The number of anilines is 1. The molecule has 1 heterocycles. The molecule has 0 radical (unpaired) electrons. The van der Waals surface area contributed by atoms with Gasteiger partial charge in [-0.3, -0.25) is 9.59 Å². The molecule has 1 aliphatic rings. The van der Waals surface area contributed by atoms with Crippen LogP contribution in [0.2, 0.25) is 0 Å². The number of rotatable bonds is 6. The lowest BCUT2D eigenvalue weighted by atomic mass is 9.89. The molecular formula is C21H21FN2O3. The molecule has 2 amide bonds. The largest absolute Gasteiger partial charge is 0.490 e. The monoisotopic (exact) mass is 368 g/mol. The Kier molecular flexibility index (Phi) is 5.54. The topological polar surface area (TPSA) is 58.6 Å². The minimum absolute atomic E-state index is 0.0517. The summed E-state index contributed by atoms with van der Waals surface area (Å²) < 4.78 is 18.9. The Labute approximate surface area is 157 Å². The number of nitrogens with zero attached hydrogens (tertiary/aromatic N) is 1. The van der Waals surface area contributed by atoms with Gasteiger partial charge in [0.2, 0.25) is 11.8 Å². The number of carbonyl (C=O) groups excluding carboxylic acids is 2.